The molecule has 0 bridgehead atoms. The van der Waals surface area contributed by atoms with Crippen molar-refractivity contribution in [2.75, 3.05) is 0 Å². The average Bonchev–Trinajstić information content (AvgIpc) is 3.46. The van der Waals surface area contributed by atoms with Crippen LogP contribution in [-0.2, 0) is 0 Å². The van der Waals surface area contributed by atoms with Crippen molar-refractivity contribution < 1.29 is 4.79 Å². The van der Waals surface area contributed by atoms with Gasteiger partial charge in [-0.05, 0) is 49.9 Å². The molecule has 0 atom stereocenters. The fraction of sp³-hybridized carbons (Fsp3) is 0.300. The maximum atomic E-state index is 12.7. The Hall–Kier alpha value is -3.40. The zero-order valence-corrected chi connectivity index (χ0v) is 16.8. The molecule has 1 amide bonds. The number of carbonyl (C=O) groups excluding carboxylic acids is 1. The van der Waals surface area contributed by atoms with Gasteiger partial charge in [-0.15, -0.1) is 16.4 Å². The number of amides is 1. The highest BCUT2D eigenvalue weighted by Crippen LogP contribution is 2.27. The second kappa shape index (κ2) is 7.79. The molecule has 1 N–H and O–H groups in total. The van der Waals surface area contributed by atoms with Crippen LogP contribution in [-0.4, -0.2) is 41.5 Å². The molecular formula is C20H19N7O2S. The molecule has 1 saturated carbocycles. The van der Waals surface area contributed by atoms with Crippen molar-refractivity contribution in [1.82, 2.24) is 34.8 Å². The van der Waals surface area contributed by atoms with Gasteiger partial charge in [0.15, 0.2) is 5.82 Å². The van der Waals surface area contributed by atoms with Crippen LogP contribution >= 0.6 is 11.3 Å². The predicted molar refractivity (Wildman–Crippen MR) is 112 cm³/mol. The second-order valence-electron chi connectivity index (χ2n) is 7.33. The van der Waals surface area contributed by atoms with Crippen molar-refractivity contribution in [2.24, 2.45) is 0 Å². The summed E-state index contributed by atoms with van der Waals surface area (Å²) in [6.45, 7) is 0. The lowest BCUT2D eigenvalue weighted by Crippen LogP contribution is -2.39. The maximum Gasteiger partial charge on any atom is 0.267 e. The molecule has 3 aromatic heterocycles. The molecule has 10 heteroatoms. The van der Waals surface area contributed by atoms with E-state index in [0.29, 0.717) is 11.4 Å². The smallest absolute Gasteiger partial charge is 0.267 e. The van der Waals surface area contributed by atoms with Crippen LogP contribution in [0.5, 0.6) is 0 Å². The second-order valence-corrected chi connectivity index (χ2v) is 8.21. The van der Waals surface area contributed by atoms with E-state index in [0.717, 1.165) is 35.9 Å². The molecule has 5 rings (SSSR count). The third-order valence-electron chi connectivity index (χ3n) is 5.44. The summed E-state index contributed by atoms with van der Waals surface area (Å²) in [7, 11) is 0. The highest BCUT2D eigenvalue weighted by molar-refractivity contribution is 7.16. The zero-order chi connectivity index (χ0) is 20.5. The monoisotopic (exact) mass is 421 g/mol. The molecule has 3 heterocycles. The SMILES string of the molecule is O=C(NC1CCC(n2nc(-n3cncn3)ccc2=O)CC1)c1ccc2ncsc2c1. The third-order valence-corrected chi connectivity index (χ3v) is 6.23. The van der Waals surface area contributed by atoms with E-state index in [1.165, 1.54) is 33.1 Å². The van der Waals surface area contributed by atoms with E-state index in [4.69, 9.17) is 0 Å². The number of nitrogens with zero attached hydrogens (tertiary/aromatic N) is 6. The van der Waals surface area contributed by atoms with E-state index in [1.807, 2.05) is 18.2 Å². The summed E-state index contributed by atoms with van der Waals surface area (Å²) in [6, 6.07) is 8.79. The lowest BCUT2D eigenvalue weighted by molar-refractivity contribution is 0.0921. The molecule has 0 spiro atoms. The van der Waals surface area contributed by atoms with Crippen LogP contribution in [0.1, 0.15) is 42.1 Å². The molecular weight excluding hydrogens is 402 g/mol. The number of aromatic nitrogens is 6. The predicted octanol–water partition coefficient (Wildman–Crippen LogP) is 2.35. The van der Waals surface area contributed by atoms with E-state index < -0.39 is 0 Å². The van der Waals surface area contributed by atoms with Crippen molar-refractivity contribution in [1.29, 1.82) is 0 Å². The Morgan fingerprint density at radius 1 is 1.13 bits per heavy atom. The zero-order valence-electron chi connectivity index (χ0n) is 16.0. The van der Waals surface area contributed by atoms with Crippen molar-refractivity contribution in [3.63, 3.8) is 0 Å². The van der Waals surface area contributed by atoms with Gasteiger partial charge in [-0.2, -0.15) is 5.10 Å². The molecule has 0 unspecified atom stereocenters. The Morgan fingerprint density at radius 3 is 2.80 bits per heavy atom. The average molecular weight is 421 g/mol. The molecule has 30 heavy (non-hydrogen) atoms. The number of rotatable bonds is 4. The van der Waals surface area contributed by atoms with Crippen molar-refractivity contribution >= 4 is 27.5 Å². The van der Waals surface area contributed by atoms with Gasteiger partial charge < -0.3 is 5.32 Å². The Labute approximate surface area is 175 Å². The van der Waals surface area contributed by atoms with Gasteiger partial charge in [-0.3, -0.25) is 9.59 Å². The summed E-state index contributed by atoms with van der Waals surface area (Å²) < 4.78 is 4.07. The minimum absolute atomic E-state index is 0.00247. The van der Waals surface area contributed by atoms with Gasteiger partial charge in [-0.25, -0.2) is 19.3 Å². The van der Waals surface area contributed by atoms with Crippen LogP contribution in [0.3, 0.4) is 0 Å². The third kappa shape index (κ3) is 3.61. The fourth-order valence-corrected chi connectivity index (χ4v) is 4.57. The van der Waals surface area contributed by atoms with E-state index in [-0.39, 0.29) is 23.6 Å². The first-order valence-corrected chi connectivity index (χ1v) is 10.6. The van der Waals surface area contributed by atoms with Gasteiger partial charge in [0, 0.05) is 17.7 Å². The lowest BCUT2D eigenvalue weighted by Gasteiger charge is -2.29. The molecule has 9 nitrogen and oxygen atoms in total. The van der Waals surface area contributed by atoms with Gasteiger partial charge in [0.05, 0.1) is 21.8 Å². The normalized spacial score (nSPS) is 19.1. The highest BCUT2D eigenvalue weighted by atomic mass is 32.1. The molecule has 4 aromatic rings. The molecule has 1 fully saturated rings. The fourth-order valence-electron chi connectivity index (χ4n) is 3.86. The molecule has 0 saturated heterocycles. The number of hydrogen-bond donors (Lipinski definition) is 1. The van der Waals surface area contributed by atoms with Crippen LogP contribution < -0.4 is 10.9 Å². The largest absolute Gasteiger partial charge is 0.349 e. The first kappa shape index (κ1) is 18.6. The number of hydrogen-bond acceptors (Lipinski definition) is 7. The Bertz CT molecular complexity index is 1240. The number of fused-ring (bicyclic) bond motifs is 1. The topological polar surface area (TPSA) is 108 Å². The van der Waals surface area contributed by atoms with E-state index >= 15 is 0 Å². The Morgan fingerprint density at radius 2 is 2.00 bits per heavy atom. The summed E-state index contributed by atoms with van der Waals surface area (Å²) in [5, 5.41) is 11.7. The van der Waals surface area contributed by atoms with E-state index in [2.05, 4.69) is 25.5 Å². The Kier molecular flexibility index (Phi) is 4.83. The summed E-state index contributed by atoms with van der Waals surface area (Å²) in [4.78, 5) is 33.2. The van der Waals surface area contributed by atoms with E-state index in [9.17, 15) is 9.59 Å². The number of nitrogens with one attached hydrogen (secondary N) is 1. The van der Waals surface area contributed by atoms with Crippen LogP contribution in [0, 0.1) is 0 Å². The van der Waals surface area contributed by atoms with Gasteiger partial charge in [0.1, 0.15) is 12.7 Å². The van der Waals surface area contributed by atoms with Gasteiger partial charge in [0.2, 0.25) is 0 Å². The Balaban J connectivity index is 1.25. The molecule has 1 aliphatic rings. The molecule has 152 valence electrons. The van der Waals surface area contributed by atoms with Crippen LogP contribution in [0.2, 0.25) is 0 Å². The van der Waals surface area contributed by atoms with Crippen LogP contribution in [0.4, 0.5) is 0 Å². The summed E-state index contributed by atoms with van der Waals surface area (Å²) in [6.07, 6.45) is 6.10. The molecule has 0 radical (unpaired) electrons. The summed E-state index contributed by atoms with van der Waals surface area (Å²) in [5.74, 6) is 0.484. The van der Waals surface area contributed by atoms with Crippen molar-refractivity contribution in [3.05, 3.63) is 64.4 Å². The van der Waals surface area contributed by atoms with Crippen LogP contribution in [0.15, 0.2) is 53.3 Å². The lowest BCUT2D eigenvalue weighted by atomic mass is 9.91. The standard InChI is InChI=1S/C20H19N7O2S/c28-19-8-7-18(26-11-21-10-23-26)25-27(19)15-4-2-14(3-5-15)24-20(29)13-1-6-16-17(9-13)30-12-22-16/h1,6-12,14-15H,2-5H2,(H,24,29). The minimum atomic E-state index is -0.135. The summed E-state index contributed by atoms with van der Waals surface area (Å²) in [5.41, 5.74) is 3.20. The van der Waals surface area contributed by atoms with Gasteiger partial charge >= 0.3 is 0 Å². The minimum Gasteiger partial charge on any atom is -0.349 e. The van der Waals surface area contributed by atoms with E-state index in [1.54, 1.807) is 17.9 Å². The summed E-state index contributed by atoms with van der Waals surface area (Å²) >= 11 is 1.52. The van der Waals surface area contributed by atoms with Crippen LogP contribution in [0.25, 0.3) is 16.0 Å². The van der Waals surface area contributed by atoms with Gasteiger partial charge in [-0.1, -0.05) is 0 Å². The molecule has 1 aliphatic carbocycles. The van der Waals surface area contributed by atoms with Crippen molar-refractivity contribution in [3.8, 4) is 5.82 Å². The molecule has 1 aromatic carbocycles. The quantitative estimate of drug-likeness (QED) is 0.542. The number of benzene rings is 1. The number of thiazole rings is 1. The van der Waals surface area contributed by atoms with Gasteiger partial charge in [0.25, 0.3) is 11.5 Å². The van der Waals surface area contributed by atoms with Crippen molar-refractivity contribution in [2.45, 2.75) is 37.8 Å². The maximum absolute atomic E-state index is 12.7. The first-order valence-electron chi connectivity index (χ1n) is 9.76. The molecule has 0 aliphatic heterocycles. The number of carbonyl (C=O) groups is 1. The first-order chi connectivity index (χ1) is 14.7. The highest BCUT2D eigenvalue weighted by Gasteiger charge is 2.25.